The molecular weight excluding hydrogens is 423 g/mol. The average Bonchev–Trinajstić information content (AvgIpc) is 3.07. The number of carbonyl (C=O) groups excluding carboxylic acids is 2. The summed E-state index contributed by atoms with van der Waals surface area (Å²) in [6.07, 6.45) is 1.58. The van der Waals surface area contributed by atoms with Gasteiger partial charge in [-0.1, -0.05) is 54.1 Å². The van der Waals surface area contributed by atoms with Gasteiger partial charge < -0.3 is 14.8 Å². The number of aryl methyl sites for hydroxylation is 1. The van der Waals surface area contributed by atoms with Crippen LogP contribution >= 0.6 is 0 Å². The summed E-state index contributed by atoms with van der Waals surface area (Å²) in [5, 5.41) is 2.62. The number of urea groups is 1. The molecule has 0 aliphatic carbocycles. The molecule has 4 rings (SSSR count). The summed E-state index contributed by atoms with van der Waals surface area (Å²) in [6, 6.07) is 18.7. The van der Waals surface area contributed by atoms with Crippen LogP contribution in [-0.2, 0) is 17.9 Å². The highest BCUT2D eigenvalue weighted by atomic mass is 19.1. The Kier molecular flexibility index (Phi) is 6.40. The van der Waals surface area contributed by atoms with E-state index in [-0.39, 0.29) is 24.7 Å². The van der Waals surface area contributed by atoms with Crippen molar-refractivity contribution in [1.29, 1.82) is 0 Å². The number of hydrogen-bond donors (Lipinski definition) is 1. The third-order valence-electron chi connectivity index (χ3n) is 5.26. The van der Waals surface area contributed by atoms with E-state index < -0.39 is 11.9 Å². The van der Waals surface area contributed by atoms with Gasteiger partial charge in [0.2, 0.25) is 0 Å². The summed E-state index contributed by atoms with van der Waals surface area (Å²) in [5.74, 6) is 0.113. The number of amides is 3. The van der Waals surface area contributed by atoms with Crippen LogP contribution in [0.15, 0.2) is 72.4 Å². The molecule has 0 atom stereocenters. The first kappa shape index (κ1) is 22.1. The number of methoxy groups -OCH3 is 1. The summed E-state index contributed by atoms with van der Waals surface area (Å²) in [5.41, 5.74) is 3.22. The number of benzene rings is 3. The maximum Gasteiger partial charge on any atom is 0.329 e. The minimum atomic E-state index is -0.469. The van der Waals surface area contributed by atoms with Crippen molar-refractivity contribution in [3.63, 3.8) is 0 Å². The standard InChI is InChI=1S/C26H23FN2O4/c1-17-7-9-18(10-8-17)15-29-25(30)22(28-26(29)31)13-19-11-12-23(24(14-19)32-2)33-16-20-5-3-4-6-21(20)27/h3-14H,15-16H2,1-2H3,(H,28,31)/b22-13+. The summed E-state index contributed by atoms with van der Waals surface area (Å²) in [6.45, 7) is 2.21. The van der Waals surface area contributed by atoms with Gasteiger partial charge in [-0.05, 0) is 42.3 Å². The normalized spacial score (nSPS) is 14.5. The van der Waals surface area contributed by atoms with Crippen molar-refractivity contribution in [1.82, 2.24) is 10.2 Å². The molecule has 0 bridgehead atoms. The lowest BCUT2D eigenvalue weighted by atomic mass is 10.1. The first-order valence-corrected chi connectivity index (χ1v) is 10.4. The fourth-order valence-electron chi connectivity index (χ4n) is 3.42. The zero-order chi connectivity index (χ0) is 23.4. The van der Waals surface area contributed by atoms with Crippen LogP contribution in [0, 0.1) is 12.7 Å². The Labute approximate surface area is 191 Å². The molecule has 1 aliphatic rings. The smallest absolute Gasteiger partial charge is 0.329 e. The number of rotatable bonds is 7. The molecule has 0 aromatic heterocycles. The van der Waals surface area contributed by atoms with Gasteiger partial charge in [-0.2, -0.15) is 0 Å². The maximum absolute atomic E-state index is 13.8. The van der Waals surface area contributed by atoms with Crippen molar-refractivity contribution >= 4 is 18.0 Å². The van der Waals surface area contributed by atoms with Crippen LogP contribution in [0.5, 0.6) is 11.5 Å². The van der Waals surface area contributed by atoms with Crippen molar-refractivity contribution in [3.8, 4) is 11.5 Å². The minimum Gasteiger partial charge on any atom is -0.493 e. The molecule has 7 heteroatoms. The largest absolute Gasteiger partial charge is 0.493 e. The van der Waals surface area contributed by atoms with Crippen molar-refractivity contribution in [3.05, 3.63) is 100 Å². The number of carbonyl (C=O) groups is 2. The lowest BCUT2D eigenvalue weighted by molar-refractivity contribution is -0.123. The fraction of sp³-hybridized carbons (Fsp3) is 0.154. The Morgan fingerprint density at radius 3 is 2.48 bits per heavy atom. The van der Waals surface area contributed by atoms with Crippen LogP contribution in [0.3, 0.4) is 0 Å². The number of imide groups is 1. The molecule has 6 nitrogen and oxygen atoms in total. The summed E-state index contributed by atoms with van der Waals surface area (Å²) < 4.78 is 24.9. The fourth-order valence-corrected chi connectivity index (χ4v) is 3.42. The zero-order valence-electron chi connectivity index (χ0n) is 18.3. The Morgan fingerprint density at radius 1 is 1.00 bits per heavy atom. The quantitative estimate of drug-likeness (QED) is 0.418. The lowest BCUT2D eigenvalue weighted by Crippen LogP contribution is -2.30. The molecule has 0 spiro atoms. The average molecular weight is 446 g/mol. The Balaban J connectivity index is 1.49. The first-order valence-electron chi connectivity index (χ1n) is 10.4. The molecule has 0 saturated carbocycles. The SMILES string of the molecule is COc1cc(/C=C2/NC(=O)N(Cc3ccc(C)cc3)C2=O)ccc1OCc1ccccc1F. The number of ether oxygens (including phenoxy) is 2. The van der Waals surface area contributed by atoms with Gasteiger partial charge in [0.05, 0.1) is 13.7 Å². The van der Waals surface area contributed by atoms with Gasteiger partial charge in [0.15, 0.2) is 11.5 Å². The van der Waals surface area contributed by atoms with E-state index in [0.717, 1.165) is 11.1 Å². The second-order valence-corrected chi connectivity index (χ2v) is 7.66. The molecule has 3 amide bonds. The van der Waals surface area contributed by atoms with Crippen LogP contribution in [0.1, 0.15) is 22.3 Å². The maximum atomic E-state index is 13.8. The third kappa shape index (κ3) is 5.03. The highest BCUT2D eigenvalue weighted by Crippen LogP contribution is 2.30. The van der Waals surface area contributed by atoms with Crippen molar-refractivity contribution in [2.45, 2.75) is 20.1 Å². The highest BCUT2D eigenvalue weighted by molar-refractivity contribution is 6.13. The zero-order valence-corrected chi connectivity index (χ0v) is 18.3. The van der Waals surface area contributed by atoms with Crippen LogP contribution in [0.2, 0.25) is 0 Å². The molecular formula is C26H23FN2O4. The molecule has 1 N–H and O–H groups in total. The van der Waals surface area contributed by atoms with E-state index in [1.165, 1.54) is 18.1 Å². The first-order chi connectivity index (χ1) is 15.9. The minimum absolute atomic E-state index is 0.0476. The van der Waals surface area contributed by atoms with Gasteiger partial charge in [-0.25, -0.2) is 9.18 Å². The summed E-state index contributed by atoms with van der Waals surface area (Å²) >= 11 is 0. The van der Waals surface area contributed by atoms with Crippen molar-refractivity contribution in [2.24, 2.45) is 0 Å². The number of halogens is 1. The predicted octanol–water partition coefficient (Wildman–Crippen LogP) is 4.81. The monoisotopic (exact) mass is 446 g/mol. The molecule has 0 unspecified atom stereocenters. The van der Waals surface area contributed by atoms with Crippen LogP contribution in [0.4, 0.5) is 9.18 Å². The Hall–Kier alpha value is -4.13. The van der Waals surface area contributed by atoms with Crippen molar-refractivity contribution in [2.75, 3.05) is 7.11 Å². The van der Waals surface area contributed by atoms with E-state index in [0.29, 0.717) is 22.6 Å². The van der Waals surface area contributed by atoms with Crippen LogP contribution in [0.25, 0.3) is 6.08 Å². The third-order valence-corrected chi connectivity index (χ3v) is 5.26. The Morgan fingerprint density at radius 2 is 1.76 bits per heavy atom. The second kappa shape index (κ2) is 9.56. The summed E-state index contributed by atoms with van der Waals surface area (Å²) in [4.78, 5) is 26.3. The molecule has 3 aromatic carbocycles. The van der Waals surface area contributed by atoms with Gasteiger partial charge in [0.1, 0.15) is 18.1 Å². The number of nitrogens with zero attached hydrogens (tertiary/aromatic N) is 1. The van der Waals surface area contributed by atoms with Crippen LogP contribution in [-0.4, -0.2) is 23.9 Å². The topological polar surface area (TPSA) is 67.9 Å². The van der Waals surface area contributed by atoms with E-state index >= 15 is 0 Å². The lowest BCUT2D eigenvalue weighted by Gasteiger charge is -2.12. The molecule has 1 aliphatic heterocycles. The van der Waals surface area contributed by atoms with Crippen LogP contribution < -0.4 is 14.8 Å². The predicted molar refractivity (Wildman–Crippen MR) is 122 cm³/mol. The molecule has 168 valence electrons. The van der Waals surface area contributed by atoms with E-state index in [2.05, 4.69) is 5.32 Å². The summed E-state index contributed by atoms with van der Waals surface area (Å²) in [7, 11) is 1.49. The highest BCUT2D eigenvalue weighted by Gasteiger charge is 2.33. The van der Waals surface area contributed by atoms with Gasteiger partial charge in [0.25, 0.3) is 5.91 Å². The van der Waals surface area contributed by atoms with E-state index in [4.69, 9.17) is 9.47 Å². The van der Waals surface area contributed by atoms with Crippen molar-refractivity contribution < 1.29 is 23.5 Å². The van der Waals surface area contributed by atoms with E-state index in [1.54, 1.807) is 42.5 Å². The Bertz CT molecular complexity index is 1220. The number of nitrogens with one attached hydrogen (secondary N) is 1. The molecule has 1 saturated heterocycles. The molecule has 3 aromatic rings. The van der Waals surface area contributed by atoms with E-state index in [9.17, 15) is 14.0 Å². The van der Waals surface area contributed by atoms with Gasteiger partial charge in [-0.15, -0.1) is 0 Å². The van der Waals surface area contributed by atoms with Gasteiger partial charge >= 0.3 is 6.03 Å². The van der Waals surface area contributed by atoms with Gasteiger partial charge in [-0.3, -0.25) is 9.69 Å². The second-order valence-electron chi connectivity index (χ2n) is 7.66. The molecule has 1 heterocycles. The van der Waals surface area contributed by atoms with Gasteiger partial charge in [0, 0.05) is 5.56 Å². The molecule has 0 radical (unpaired) electrons. The van der Waals surface area contributed by atoms with E-state index in [1.807, 2.05) is 31.2 Å². The molecule has 1 fully saturated rings. The number of hydrogen-bond acceptors (Lipinski definition) is 4. The molecule has 33 heavy (non-hydrogen) atoms.